The van der Waals surface area contributed by atoms with Crippen molar-refractivity contribution in [1.82, 2.24) is 4.90 Å². The Morgan fingerprint density at radius 2 is 1.73 bits per heavy atom. The highest BCUT2D eigenvalue weighted by Crippen LogP contribution is 2.37. The van der Waals surface area contributed by atoms with Gasteiger partial charge in [0, 0.05) is 19.2 Å². The largest absolute Gasteiger partial charge is 0.496 e. The number of carbonyl (C=O) groups excluding carboxylic acids is 1. The number of nitrogens with zero attached hydrogens (tertiary/aromatic N) is 2. The molecule has 0 fully saturated rings. The second kappa shape index (κ2) is 9.15. The van der Waals surface area contributed by atoms with Crippen LogP contribution in [0.5, 0.6) is 11.5 Å². The number of sulfonamides is 1. The Bertz CT molecular complexity index is 1260. The standard InChI is InChI=1S/C25H26N2O5S/c1-18-12-14-20(15-13-18)33(29,30)27-17-24(32-23-11-7-5-9-21(23)27)25(28)26(2)16-19-8-4-6-10-22(19)31-3/h4-15,24H,16-17H2,1-3H3. The minimum absolute atomic E-state index is 0.123. The van der Waals surface area contributed by atoms with Gasteiger partial charge in [0.05, 0.1) is 24.2 Å². The minimum atomic E-state index is -3.89. The summed E-state index contributed by atoms with van der Waals surface area (Å²) < 4.78 is 39.6. The monoisotopic (exact) mass is 466 g/mol. The number of methoxy groups -OCH3 is 1. The first-order chi connectivity index (χ1) is 15.8. The van der Waals surface area contributed by atoms with Crippen LogP contribution in [0, 0.1) is 6.92 Å². The smallest absolute Gasteiger partial charge is 0.265 e. The first kappa shape index (κ1) is 22.7. The van der Waals surface area contributed by atoms with Crippen LogP contribution in [0.1, 0.15) is 11.1 Å². The maximum Gasteiger partial charge on any atom is 0.265 e. The summed E-state index contributed by atoms with van der Waals surface area (Å²) in [5.74, 6) is 0.707. The lowest BCUT2D eigenvalue weighted by Crippen LogP contribution is -2.50. The van der Waals surface area contributed by atoms with Gasteiger partial charge in [-0.15, -0.1) is 0 Å². The summed E-state index contributed by atoms with van der Waals surface area (Å²) in [5.41, 5.74) is 2.22. The molecule has 3 aromatic carbocycles. The zero-order valence-corrected chi connectivity index (χ0v) is 19.6. The molecular weight excluding hydrogens is 440 g/mol. The number of anilines is 1. The Labute approximate surface area is 194 Å². The molecule has 0 saturated heterocycles. The van der Waals surface area contributed by atoms with Crippen molar-refractivity contribution < 1.29 is 22.7 Å². The molecule has 0 saturated carbocycles. The molecule has 8 heteroatoms. The average Bonchev–Trinajstić information content (AvgIpc) is 2.83. The minimum Gasteiger partial charge on any atom is -0.496 e. The van der Waals surface area contributed by atoms with Crippen molar-refractivity contribution in [3.05, 3.63) is 83.9 Å². The third kappa shape index (κ3) is 4.52. The molecule has 1 atom stereocenters. The fourth-order valence-electron chi connectivity index (χ4n) is 3.81. The summed E-state index contributed by atoms with van der Waals surface area (Å²) in [4.78, 5) is 15.0. The third-order valence-corrected chi connectivity index (χ3v) is 7.39. The molecule has 3 aromatic rings. The average molecular weight is 467 g/mol. The Balaban J connectivity index is 1.63. The highest BCUT2D eigenvalue weighted by atomic mass is 32.2. The number of amides is 1. The molecule has 0 aliphatic carbocycles. The van der Waals surface area contributed by atoms with E-state index in [-0.39, 0.29) is 17.3 Å². The van der Waals surface area contributed by atoms with Gasteiger partial charge in [0.1, 0.15) is 11.5 Å². The molecule has 1 unspecified atom stereocenters. The van der Waals surface area contributed by atoms with Crippen molar-refractivity contribution in [3.63, 3.8) is 0 Å². The molecule has 0 bridgehead atoms. The Morgan fingerprint density at radius 1 is 1.06 bits per heavy atom. The molecule has 1 amide bonds. The second-order valence-electron chi connectivity index (χ2n) is 7.93. The molecule has 1 heterocycles. The summed E-state index contributed by atoms with van der Waals surface area (Å²) in [6.45, 7) is 2.07. The van der Waals surface area contributed by atoms with Gasteiger partial charge in [-0.1, -0.05) is 48.0 Å². The van der Waals surface area contributed by atoms with Crippen molar-refractivity contribution in [2.24, 2.45) is 0 Å². The molecule has 0 radical (unpaired) electrons. The molecule has 0 aromatic heterocycles. The van der Waals surface area contributed by atoms with Gasteiger partial charge in [-0.25, -0.2) is 8.42 Å². The first-order valence-corrected chi connectivity index (χ1v) is 12.0. The Kier molecular flexibility index (Phi) is 6.29. The van der Waals surface area contributed by atoms with E-state index < -0.39 is 16.1 Å². The van der Waals surface area contributed by atoms with Crippen molar-refractivity contribution in [2.75, 3.05) is 25.0 Å². The van der Waals surface area contributed by atoms with Crippen LogP contribution >= 0.6 is 0 Å². The zero-order valence-electron chi connectivity index (χ0n) is 18.8. The van der Waals surface area contributed by atoms with Gasteiger partial charge in [-0.2, -0.15) is 0 Å². The number of rotatable bonds is 6. The van der Waals surface area contributed by atoms with E-state index in [4.69, 9.17) is 9.47 Å². The van der Waals surface area contributed by atoms with Gasteiger partial charge in [-0.3, -0.25) is 9.10 Å². The lowest BCUT2D eigenvalue weighted by Gasteiger charge is -2.36. The zero-order chi connectivity index (χ0) is 23.6. The van der Waals surface area contributed by atoms with Gasteiger partial charge >= 0.3 is 0 Å². The van der Waals surface area contributed by atoms with Crippen LogP contribution in [0.15, 0.2) is 77.7 Å². The molecule has 7 nitrogen and oxygen atoms in total. The Morgan fingerprint density at radius 3 is 2.45 bits per heavy atom. The summed E-state index contributed by atoms with van der Waals surface area (Å²) in [6.07, 6.45) is -0.986. The Hall–Kier alpha value is -3.52. The van der Waals surface area contributed by atoms with E-state index in [0.29, 0.717) is 23.7 Å². The van der Waals surface area contributed by atoms with Crippen LogP contribution in [0.4, 0.5) is 5.69 Å². The maximum absolute atomic E-state index is 13.5. The van der Waals surface area contributed by atoms with E-state index in [9.17, 15) is 13.2 Å². The van der Waals surface area contributed by atoms with Crippen LogP contribution in [0.2, 0.25) is 0 Å². The molecule has 1 aliphatic heterocycles. The number of likely N-dealkylation sites (N-methyl/N-ethyl adjacent to an activating group) is 1. The van der Waals surface area contributed by atoms with E-state index in [2.05, 4.69) is 0 Å². The molecule has 0 N–H and O–H groups in total. The van der Waals surface area contributed by atoms with E-state index in [1.807, 2.05) is 31.2 Å². The summed E-state index contributed by atoms with van der Waals surface area (Å²) in [6, 6.07) is 21.0. The van der Waals surface area contributed by atoms with Gasteiger partial charge in [-0.05, 0) is 37.3 Å². The van der Waals surface area contributed by atoms with Crippen molar-refractivity contribution in [1.29, 1.82) is 0 Å². The number of ether oxygens (including phenoxy) is 2. The molecule has 33 heavy (non-hydrogen) atoms. The van der Waals surface area contributed by atoms with E-state index in [1.165, 1.54) is 9.21 Å². The molecule has 1 aliphatic rings. The van der Waals surface area contributed by atoms with Crippen molar-refractivity contribution in [2.45, 2.75) is 24.5 Å². The number of fused-ring (bicyclic) bond motifs is 1. The third-order valence-electron chi connectivity index (χ3n) is 5.60. The number of benzene rings is 3. The fourth-order valence-corrected chi connectivity index (χ4v) is 5.28. The van der Waals surface area contributed by atoms with Gasteiger partial charge < -0.3 is 14.4 Å². The molecule has 0 spiro atoms. The fraction of sp³-hybridized carbons (Fsp3) is 0.240. The summed E-state index contributed by atoms with van der Waals surface area (Å²) in [7, 11) is -0.648. The summed E-state index contributed by atoms with van der Waals surface area (Å²) >= 11 is 0. The highest BCUT2D eigenvalue weighted by Gasteiger charge is 2.38. The van der Waals surface area contributed by atoms with Crippen LogP contribution < -0.4 is 13.8 Å². The van der Waals surface area contributed by atoms with Crippen LogP contribution in [0.3, 0.4) is 0 Å². The lowest BCUT2D eigenvalue weighted by molar-refractivity contribution is -0.137. The van der Waals surface area contributed by atoms with Crippen LogP contribution in [0.25, 0.3) is 0 Å². The number of para-hydroxylation sites is 3. The van der Waals surface area contributed by atoms with Crippen LogP contribution in [-0.2, 0) is 21.4 Å². The topological polar surface area (TPSA) is 76.2 Å². The number of hydrogen-bond acceptors (Lipinski definition) is 5. The van der Waals surface area contributed by atoms with Crippen molar-refractivity contribution in [3.8, 4) is 11.5 Å². The first-order valence-electron chi connectivity index (χ1n) is 10.5. The molecule has 4 rings (SSSR count). The quantitative estimate of drug-likeness (QED) is 0.555. The predicted molar refractivity (Wildman–Crippen MR) is 126 cm³/mol. The number of hydrogen-bond donors (Lipinski definition) is 0. The maximum atomic E-state index is 13.5. The number of carbonyl (C=O) groups is 1. The van der Waals surface area contributed by atoms with Gasteiger partial charge in [0.2, 0.25) is 0 Å². The van der Waals surface area contributed by atoms with E-state index >= 15 is 0 Å². The predicted octanol–water partition coefficient (Wildman–Crippen LogP) is 3.62. The summed E-state index contributed by atoms with van der Waals surface area (Å²) in [5, 5.41) is 0. The molecule has 172 valence electrons. The lowest BCUT2D eigenvalue weighted by atomic mass is 10.1. The van der Waals surface area contributed by atoms with E-state index in [0.717, 1.165) is 11.1 Å². The normalized spacial score (nSPS) is 15.4. The SMILES string of the molecule is COc1ccccc1CN(C)C(=O)C1CN(S(=O)(=O)c2ccc(C)cc2)c2ccccc2O1. The van der Waals surface area contributed by atoms with E-state index in [1.54, 1.807) is 62.7 Å². The molecular formula is C25H26N2O5S. The second-order valence-corrected chi connectivity index (χ2v) is 9.79. The van der Waals surface area contributed by atoms with Crippen LogP contribution in [-0.4, -0.2) is 46.0 Å². The van der Waals surface area contributed by atoms with Gasteiger partial charge in [0.25, 0.3) is 15.9 Å². The van der Waals surface area contributed by atoms with Crippen molar-refractivity contribution >= 4 is 21.6 Å². The van der Waals surface area contributed by atoms with Gasteiger partial charge in [0.15, 0.2) is 6.10 Å². The number of aryl methyl sites for hydroxylation is 1. The highest BCUT2D eigenvalue weighted by molar-refractivity contribution is 7.92.